The number of nitrogens with one attached hydrogen (secondary N) is 2. The number of anilines is 1. The van der Waals surface area contributed by atoms with Gasteiger partial charge in [-0.1, -0.05) is 6.07 Å². The second-order valence-electron chi connectivity index (χ2n) is 7.06. The van der Waals surface area contributed by atoms with E-state index >= 15 is 0 Å². The standard InChI is InChI=1S/C19H21N7O3S/c27-30(28,25-6-8-29-9-7-25)16-3-1-2-15(10-16)24-18-19-21-13-17(14-11-22-23-12-14)26(19)5-4-20-18/h1-5,10-12,17H,6-9,13H2,(H,20,24)(H,22,23). The molecule has 1 atom stereocenters. The van der Waals surface area contributed by atoms with Gasteiger partial charge in [0.05, 0.1) is 36.9 Å². The molecule has 0 aliphatic carbocycles. The highest BCUT2D eigenvalue weighted by Crippen LogP contribution is 2.29. The molecule has 1 unspecified atom stereocenters. The monoisotopic (exact) mass is 427 g/mol. The van der Waals surface area contributed by atoms with Gasteiger partial charge >= 0.3 is 0 Å². The van der Waals surface area contributed by atoms with E-state index in [1.165, 1.54) is 4.31 Å². The first-order valence-corrected chi connectivity index (χ1v) is 11.1. The van der Waals surface area contributed by atoms with Crippen LogP contribution in [0.3, 0.4) is 0 Å². The molecular formula is C19H21N7O3S. The van der Waals surface area contributed by atoms with E-state index in [0.29, 0.717) is 50.2 Å². The Balaban J connectivity index is 1.36. The predicted molar refractivity (Wildman–Crippen MR) is 112 cm³/mol. The number of aromatic amines is 1. The number of morpholine rings is 1. The molecule has 0 amide bonds. The lowest BCUT2D eigenvalue weighted by Crippen LogP contribution is -2.40. The van der Waals surface area contributed by atoms with E-state index < -0.39 is 10.0 Å². The fourth-order valence-electron chi connectivity index (χ4n) is 3.70. The molecule has 3 aliphatic heterocycles. The van der Waals surface area contributed by atoms with Gasteiger partial charge in [-0.05, 0) is 18.2 Å². The maximum Gasteiger partial charge on any atom is 0.243 e. The Morgan fingerprint density at radius 1 is 1.23 bits per heavy atom. The molecule has 0 saturated carbocycles. The Hall–Kier alpha value is -3.02. The van der Waals surface area contributed by atoms with Crippen LogP contribution in [0.15, 0.2) is 63.9 Å². The number of hydrogen-bond donors (Lipinski definition) is 2. The molecule has 5 rings (SSSR count). The Kier molecular flexibility index (Phi) is 4.85. The molecule has 3 aliphatic rings. The SMILES string of the molecule is O=S(=O)(c1cccc(NC2=NC=CN3C2=NCC3c2cn[nH]c2)c1)N1CCOCC1. The Bertz CT molecular complexity index is 1120. The van der Waals surface area contributed by atoms with Crippen LogP contribution in [0.5, 0.6) is 0 Å². The number of benzene rings is 1. The van der Waals surface area contributed by atoms with E-state index in [-0.39, 0.29) is 10.9 Å². The van der Waals surface area contributed by atoms with Crippen molar-refractivity contribution in [2.75, 3.05) is 38.2 Å². The lowest BCUT2D eigenvalue weighted by molar-refractivity contribution is 0.0730. The van der Waals surface area contributed by atoms with Gasteiger partial charge in [-0.15, -0.1) is 0 Å². The number of H-pyrrole nitrogens is 1. The van der Waals surface area contributed by atoms with Crippen molar-refractivity contribution in [3.63, 3.8) is 0 Å². The van der Waals surface area contributed by atoms with Crippen molar-refractivity contribution in [1.82, 2.24) is 19.4 Å². The van der Waals surface area contributed by atoms with Crippen molar-refractivity contribution in [1.29, 1.82) is 0 Å². The molecule has 2 aromatic rings. The smallest absolute Gasteiger partial charge is 0.243 e. The van der Waals surface area contributed by atoms with Crippen molar-refractivity contribution >= 4 is 27.4 Å². The van der Waals surface area contributed by atoms with Gasteiger partial charge in [-0.3, -0.25) is 10.1 Å². The highest BCUT2D eigenvalue weighted by atomic mass is 32.2. The normalized spacial score (nSPS) is 21.9. The largest absolute Gasteiger partial charge is 0.379 e. The second kappa shape index (κ2) is 7.67. The highest BCUT2D eigenvalue weighted by Gasteiger charge is 2.33. The maximum absolute atomic E-state index is 12.9. The van der Waals surface area contributed by atoms with Gasteiger partial charge in [0, 0.05) is 42.9 Å². The number of aromatic nitrogens is 2. The topological polar surface area (TPSA) is 115 Å². The Morgan fingerprint density at radius 3 is 2.90 bits per heavy atom. The van der Waals surface area contributed by atoms with Gasteiger partial charge in [0.15, 0.2) is 11.7 Å². The first-order chi connectivity index (χ1) is 14.6. The number of sulfonamides is 1. The van der Waals surface area contributed by atoms with Crippen LogP contribution in [0.4, 0.5) is 5.69 Å². The summed E-state index contributed by atoms with van der Waals surface area (Å²) < 4.78 is 32.6. The average molecular weight is 427 g/mol. The fourth-order valence-corrected chi connectivity index (χ4v) is 5.16. The van der Waals surface area contributed by atoms with Crippen molar-refractivity contribution in [2.45, 2.75) is 10.9 Å². The molecule has 0 bridgehead atoms. The van der Waals surface area contributed by atoms with E-state index in [9.17, 15) is 8.42 Å². The Labute approximate surface area is 174 Å². The van der Waals surface area contributed by atoms with Gasteiger partial charge < -0.3 is 15.0 Å². The minimum absolute atomic E-state index is 0.0512. The molecular weight excluding hydrogens is 406 g/mol. The van der Waals surface area contributed by atoms with Gasteiger partial charge in [0.25, 0.3) is 0 Å². The average Bonchev–Trinajstić information content (AvgIpc) is 3.45. The minimum atomic E-state index is -3.57. The molecule has 0 radical (unpaired) electrons. The summed E-state index contributed by atoms with van der Waals surface area (Å²) in [4.78, 5) is 11.3. The minimum Gasteiger partial charge on any atom is -0.379 e. The van der Waals surface area contributed by atoms with Crippen LogP contribution in [0.2, 0.25) is 0 Å². The first kappa shape index (κ1) is 19.0. The first-order valence-electron chi connectivity index (χ1n) is 9.64. The molecule has 1 saturated heterocycles. The Morgan fingerprint density at radius 2 is 2.10 bits per heavy atom. The molecule has 156 valence electrons. The van der Waals surface area contributed by atoms with Crippen LogP contribution < -0.4 is 5.32 Å². The van der Waals surface area contributed by atoms with Crippen molar-refractivity contribution in [3.8, 4) is 0 Å². The number of hydrogen-bond acceptors (Lipinski definition) is 8. The maximum atomic E-state index is 12.9. The summed E-state index contributed by atoms with van der Waals surface area (Å²) >= 11 is 0. The van der Waals surface area contributed by atoms with Crippen LogP contribution in [0.25, 0.3) is 0 Å². The van der Waals surface area contributed by atoms with E-state index in [0.717, 1.165) is 5.56 Å². The molecule has 4 heterocycles. The van der Waals surface area contributed by atoms with Crippen molar-refractivity contribution in [3.05, 3.63) is 54.6 Å². The van der Waals surface area contributed by atoms with E-state index in [4.69, 9.17) is 4.74 Å². The number of aliphatic imine (C=N–C) groups is 2. The van der Waals surface area contributed by atoms with Crippen LogP contribution >= 0.6 is 0 Å². The van der Waals surface area contributed by atoms with Crippen LogP contribution in [-0.2, 0) is 14.8 Å². The molecule has 30 heavy (non-hydrogen) atoms. The number of amidine groups is 2. The van der Waals surface area contributed by atoms with Crippen LogP contribution in [-0.4, -0.2) is 72.3 Å². The zero-order chi connectivity index (χ0) is 20.6. The third-order valence-corrected chi connectivity index (χ3v) is 7.14. The molecule has 11 heteroatoms. The number of ether oxygens (including phenoxy) is 1. The summed E-state index contributed by atoms with van der Waals surface area (Å²) in [6.45, 7) is 2.13. The zero-order valence-corrected chi connectivity index (χ0v) is 16.9. The zero-order valence-electron chi connectivity index (χ0n) is 16.1. The lowest BCUT2D eigenvalue weighted by Gasteiger charge is -2.27. The fraction of sp³-hybridized carbons (Fsp3) is 0.316. The highest BCUT2D eigenvalue weighted by molar-refractivity contribution is 7.89. The van der Waals surface area contributed by atoms with E-state index in [2.05, 4.69) is 25.5 Å². The van der Waals surface area contributed by atoms with Gasteiger partial charge in [-0.25, -0.2) is 13.4 Å². The third kappa shape index (κ3) is 3.40. The van der Waals surface area contributed by atoms with Crippen molar-refractivity contribution < 1.29 is 13.2 Å². The van der Waals surface area contributed by atoms with Gasteiger partial charge in [-0.2, -0.15) is 9.40 Å². The predicted octanol–water partition coefficient (Wildman–Crippen LogP) is 1.18. The summed E-state index contributed by atoms with van der Waals surface area (Å²) in [6.07, 6.45) is 7.23. The van der Waals surface area contributed by atoms with Crippen molar-refractivity contribution in [2.24, 2.45) is 9.98 Å². The van der Waals surface area contributed by atoms with E-state index in [1.54, 1.807) is 30.6 Å². The number of rotatable bonds is 4. The third-order valence-electron chi connectivity index (χ3n) is 5.25. The molecule has 2 N–H and O–H groups in total. The van der Waals surface area contributed by atoms with Crippen LogP contribution in [0, 0.1) is 0 Å². The second-order valence-corrected chi connectivity index (χ2v) is 9.00. The number of nitrogens with zero attached hydrogens (tertiary/aromatic N) is 5. The molecule has 0 spiro atoms. The summed E-state index contributed by atoms with van der Waals surface area (Å²) in [6, 6.07) is 6.81. The number of fused-ring (bicyclic) bond motifs is 1. The summed E-state index contributed by atoms with van der Waals surface area (Å²) in [5.74, 6) is 1.29. The van der Waals surface area contributed by atoms with E-state index in [1.807, 2.05) is 23.4 Å². The summed E-state index contributed by atoms with van der Waals surface area (Å²) in [5.41, 5.74) is 1.67. The van der Waals surface area contributed by atoms with Gasteiger partial charge in [0.2, 0.25) is 10.0 Å². The van der Waals surface area contributed by atoms with Gasteiger partial charge in [0.1, 0.15) is 0 Å². The quantitative estimate of drug-likeness (QED) is 0.757. The van der Waals surface area contributed by atoms with Crippen LogP contribution in [0.1, 0.15) is 11.6 Å². The molecule has 1 fully saturated rings. The lowest BCUT2D eigenvalue weighted by atomic mass is 10.1. The summed E-state index contributed by atoms with van der Waals surface area (Å²) in [7, 11) is -3.57. The molecule has 10 nitrogen and oxygen atoms in total. The molecule has 1 aromatic carbocycles. The summed E-state index contributed by atoms with van der Waals surface area (Å²) in [5, 5.41) is 10.1. The molecule has 1 aromatic heterocycles.